The summed E-state index contributed by atoms with van der Waals surface area (Å²) in [7, 11) is 0. The highest BCUT2D eigenvalue weighted by Gasteiger charge is 2.40. The van der Waals surface area contributed by atoms with Gasteiger partial charge in [-0.2, -0.15) is 0 Å². The second kappa shape index (κ2) is 3.81. The third-order valence-corrected chi connectivity index (χ3v) is 3.20. The van der Waals surface area contributed by atoms with Gasteiger partial charge in [0.25, 0.3) is 0 Å². The fourth-order valence-corrected chi connectivity index (χ4v) is 2.18. The van der Waals surface area contributed by atoms with Gasteiger partial charge in [0, 0.05) is 6.20 Å². The summed E-state index contributed by atoms with van der Waals surface area (Å²) >= 11 is 11.8. The van der Waals surface area contributed by atoms with E-state index < -0.39 is 5.60 Å². The Bertz CT molecular complexity index is 378. The summed E-state index contributed by atoms with van der Waals surface area (Å²) in [5.41, 5.74) is -0.579. The van der Waals surface area contributed by atoms with E-state index in [1.54, 1.807) is 12.3 Å². The Hall–Kier alpha value is -0.510. The highest BCUT2D eigenvalue weighted by molar-refractivity contribution is 6.36. The van der Waals surface area contributed by atoms with Crippen molar-refractivity contribution in [2.45, 2.75) is 18.9 Å². The van der Waals surface area contributed by atoms with E-state index in [4.69, 9.17) is 23.2 Å². The molecule has 2 heterocycles. The number of pyridine rings is 1. The van der Waals surface area contributed by atoms with E-state index in [0.29, 0.717) is 29.0 Å². The highest BCUT2D eigenvalue weighted by atomic mass is 35.5. The van der Waals surface area contributed by atoms with Gasteiger partial charge in [0.05, 0.1) is 28.7 Å². The quantitative estimate of drug-likeness (QED) is 0.871. The molecule has 0 aromatic carbocycles. The minimum atomic E-state index is -0.579. The van der Waals surface area contributed by atoms with Gasteiger partial charge in [0.2, 0.25) is 0 Å². The molecule has 1 aromatic heterocycles. The molecule has 82 valence electrons. The number of aliphatic hydroxyl groups is 1. The Morgan fingerprint density at radius 1 is 1.53 bits per heavy atom. The fourth-order valence-electron chi connectivity index (χ4n) is 1.68. The molecule has 1 aliphatic heterocycles. The predicted molar refractivity (Wildman–Crippen MR) is 61.7 cm³/mol. The van der Waals surface area contributed by atoms with Crippen LogP contribution in [0.1, 0.15) is 13.3 Å². The maximum absolute atomic E-state index is 9.86. The van der Waals surface area contributed by atoms with E-state index in [-0.39, 0.29) is 0 Å². The normalized spacial score (nSPS) is 18.8. The van der Waals surface area contributed by atoms with Crippen LogP contribution >= 0.6 is 23.2 Å². The summed E-state index contributed by atoms with van der Waals surface area (Å²) in [6, 6.07) is 1.66. The molecule has 1 aliphatic rings. The Morgan fingerprint density at radius 3 is 2.73 bits per heavy atom. The van der Waals surface area contributed by atoms with E-state index in [0.717, 1.165) is 6.42 Å². The molecule has 0 atom stereocenters. The minimum Gasteiger partial charge on any atom is -0.386 e. The maximum Gasteiger partial charge on any atom is 0.147 e. The van der Waals surface area contributed by atoms with Gasteiger partial charge in [-0.1, -0.05) is 30.1 Å². The smallest absolute Gasteiger partial charge is 0.147 e. The lowest BCUT2D eigenvalue weighted by Gasteiger charge is -2.47. The molecule has 0 bridgehead atoms. The molecule has 0 radical (unpaired) electrons. The van der Waals surface area contributed by atoms with Crippen LogP contribution in [-0.2, 0) is 0 Å². The second-order valence-electron chi connectivity index (χ2n) is 3.89. The summed E-state index contributed by atoms with van der Waals surface area (Å²) in [5.74, 6) is 0.694. The van der Waals surface area contributed by atoms with Crippen molar-refractivity contribution in [2.24, 2.45) is 0 Å². The molecule has 1 saturated heterocycles. The zero-order valence-electron chi connectivity index (χ0n) is 8.37. The predicted octanol–water partition coefficient (Wildman–Crippen LogP) is 2.35. The van der Waals surface area contributed by atoms with Crippen LogP contribution in [-0.4, -0.2) is 28.8 Å². The minimum absolute atomic E-state index is 0.523. The standard InChI is InChI=1S/C10H12Cl2N2O/c1-2-10(15)5-14(6-10)9-8(12)3-7(11)4-13-9/h3-4,15H,2,5-6H2,1H3. The van der Waals surface area contributed by atoms with Crippen molar-refractivity contribution in [3.05, 3.63) is 22.3 Å². The summed E-state index contributed by atoms with van der Waals surface area (Å²) in [4.78, 5) is 6.10. The zero-order chi connectivity index (χ0) is 11.1. The van der Waals surface area contributed by atoms with Crippen LogP contribution in [0.15, 0.2) is 12.3 Å². The third kappa shape index (κ3) is 2.05. The molecule has 1 N–H and O–H groups in total. The molecule has 0 spiro atoms. The van der Waals surface area contributed by atoms with Crippen molar-refractivity contribution in [1.82, 2.24) is 4.98 Å². The largest absolute Gasteiger partial charge is 0.386 e. The van der Waals surface area contributed by atoms with Gasteiger partial charge in [-0.15, -0.1) is 0 Å². The SMILES string of the molecule is CCC1(O)CN(c2ncc(Cl)cc2Cl)C1. The van der Waals surface area contributed by atoms with E-state index in [2.05, 4.69) is 4.98 Å². The molecule has 3 nitrogen and oxygen atoms in total. The average molecular weight is 247 g/mol. The Balaban J connectivity index is 2.13. The lowest BCUT2D eigenvalue weighted by Crippen LogP contribution is -2.61. The van der Waals surface area contributed by atoms with Crippen molar-refractivity contribution in [3.63, 3.8) is 0 Å². The summed E-state index contributed by atoms with van der Waals surface area (Å²) < 4.78 is 0. The van der Waals surface area contributed by atoms with Crippen LogP contribution in [0.4, 0.5) is 5.82 Å². The van der Waals surface area contributed by atoms with Crippen molar-refractivity contribution in [3.8, 4) is 0 Å². The molecule has 0 unspecified atom stereocenters. The summed E-state index contributed by atoms with van der Waals surface area (Å²) in [5, 5.41) is 10.9. The van der Waals surface area contributed by atoms with Gasteiger partial charge in [-0.3, -0.25) is 0 Å². The first-order chi connectivity index (χ1) is 7.04. The van der Waals surface area contributed by atoms with Crippen LogP contribution in [0.2, 0.25) is 10.0 Å². The summed E-state index contributed by atoms with van der Waals surface area (Å²) in [6.07, 6.45) is 2.31. The monoisotopic (exact) mass is 246 g/mol. The first kappa shape index (κ1) is 11.0. The van der Waals surface area contributed by atoms with Gasteiger partial charge in [-0.05, 0) is 12.5 Å². The molecule has 1 aromatic rings. The molecule has 0 aliphatic carbocycles. The molecule has 5 heteroatoms. The van der Waals surface area contributed by atoms with E-state index >= 15 is 0 Å². The Labute approximate surface area is 98.6 Å². The van der Waals surface area contributed by atoms with Crippen LogP contribution in [0.25, 0.3) is 0 Å². The lowest BCUT2D eigenvalue weighted by molar-refractivity contribution is 0.00808. The molecule has 0 amide bonds. The van der Waals surface area contributed by atoms with E-state index in [1.807, 2.05) is 11.8 Å². The number of nitrogens with zero attached hydrogens (tertiary/aromatic N) is 2. The fraction of sp³-hybridized carbons (Fsp3) is 0.500. The van der Waals surface area contributed by atoms with Crippen molar-refractivity contribution < 1.29 is 5.11 Å². The number of aromatic nitrogens is 1. The Morgan fingerprint density at radius 2 is 2.20 bits per heavy atom. The number of hydrogen-bond donors (Lipinski definition) is 1. The molecule has 1 fully saturated rings. The molecule has 0 saturated carbocycles. The average Bonchev–Trinajstić information content (AvgIpc) is 2.14. The molecule has 15 heavy (non-hydrogen) atoms. The van der Waals surface area contributed by atoms with E-state index in [1.165, 1.54) is 0 Å². The van der Waals surface area contributed by atoms with Crippen molar-refractivity contribution in [1.29, 1.82) is 0 Å². The number of β-amino-alcohol motifs (C(OH)–C–C–N with tert-alkyl or cyclic N) is 1. The van der Waals surface area contributed by atoms with Crippen LogP contribution in [0, 0.1) is 0 Å². The van der Waals surface area contributed by atoms with Gasteiger partial charge in [0.1, 0.15) is 5.82 Å². The lowest BCUT2D eigenvalue weighted by atomic mass is 9.91. The first-order valence-electron chi connectivity index (χ1n) is 4.82. The Kier molecular flexibility index (Phi) is 2.79. The van der Waals surface area contributed by atoms with Crippen molar-refractivity contribution >= 4 is 29.0 Å². The van der Waals surface area contributed by atoms with Crippen LogP contribution < -0.4 is 4.90 Å². The third-order valence-electron chi connectivity index (χ3n) is 2.72. The summed E-state index contributed by atoms with van der Waals surface area (Å²) in [6.45, 7) is 3.13. The van der Waals surface area contributed by atoms with Gasteiger partial charge >= 0.3 is 0 Å². The first-order valence-corrected chi connectivity index (χ1v) is 5.58. The van der Waals surface area contributed by atoms with Gasteiger partial charge in [-0.25, -0.2) is 4.98 Å². The van der Waals surface area contributed by atoms with Crippen LogP contribution in [0.3, 0.4) is 0 Å². The molecule has 2 rings (SSSR count). The number of rotatable bonds is 2. The number of halogens is 2. The van der Waals surface area contributed by atoms with Crippen molar-refractivity contribution in [2.75, 3.05) is 18.0 Å². The van der Waals surface area contributed by atoms with Gasteiger partial charge < -0.3 is 10.0 Å². The van der Waals surface area contributed by atoms with Gasteiger partial charge in [0.15, 0.2) is 0 Å². The maximum atomic E-state index is 9.86. The number of anilines is 1. The highest BCUT2D eigenvalue weighted by Crippen LogP contribution is 2.33. The molecular formula is C10H12Cl2N2O. The topological polar surface area (TPSA) is 36.4 Å². The number of hydrogen-bond acceptors (Lipinski definition) is 3. The second-order valence-corrected chi connectivity index (χ2v) is 4.74. The zero-order valence-corrected chi connectivity index (χ0v) is 9.89. The molecular weight excluding hydrogens is 235 g/mol. The van der Waals surface area contributed by atoms with E-state index in [9.17, 15) is 5.11 Å². The van der Waals surface area contributed by atoms with Crippen LogP contribution in [0.5, 0.6) is 0 Å².